The second-order valence-corrected chi connectivity index (χ2v) is 9.40. The quantitative estimate of drug-likeness (QED) is 0.371. The summed E-state index contributed by atoms with van der Waals surface area (Å²) < 4.78 is 7.79. The summed E-state index contributed by atoms with van der Waals surface area (Å²) in [5, 5.41) is 5.67. The number of likely N-dealkylation sites (N-methyl/N-ethyl adjacent to an activating group) is 1. The zero-order valence-electron chi connectivity index (χ0n) is 20.8. The van der Waals surface area contributed by atoms with E-state index in [4.69, 9.17) is 15.6 Å². The van der Waals surface area contributed by atoms with Crippen molar-refractivity contribution in [3.05, 3.63) is 90.8 Å². The molecule has 2 N–H and O–H groups in total. The third-order valence-electron chi connectivity index (χ3n) is 6.78. The number of benzene rings is 3. The number of nitrogens with two attached hydrogens (primary N) is 1. The fourth-order valence-corrected chi connectivity index (χ4v) is 4.67. The van der Waals surface area contributed by atoms with Crippen molar-refractivity contribution >= 4 is 16.9 Å². The van der Waals surface area contributed by atoms with Crippen LogP contribution in [0.25, 0.3) is 28.0 Å². The van der Waals surface area contributed by atoms with Crippen molar-refractivity contribution < 1.29 is 4.74 Å². The summed E-state index contributed by atoms with van der Waals surface area (Å²) in [5.74, 6) is 1.94. The monoisotopic (exact) mass is 491 g/mol. The van der Waals surface area contributed by atoms with Crippen molar-refractivity contribution in [3.8, 4) is 28.4 Å². The molecular weight excluding hydrogens is 462 g/mol. The van der Waals surface area contributed by atoms with Gasteiger partial charge in [0.1, 0.15) is 29.3 Å². The van der Waals surface area contributed by atoms with Gasteiger partial charge in [0, 0.05) is 38.3 Å². The van der Waals surface area contributed by atoms with Crippen molar-refractivity contribution in [2.24, 2.45) is 0 Å². The van der Waals surface area contributed by atoms with Gasteiger partial charge in [-0.25, -0.2) is 14.6 Å². The topological polar surface area (TPSA) is 85.3 Å². The molecule has 0 bridgehead atoms. The highest BCUT2D eigenvalue weighted by molar-refractivity contribution is 5.98. The Morgan fingerprint density at radius 3 is 2.24 bits per heavy atom. The second kappa shape index (κ2) is 10.0. The van der Waals surface area contributed by atoms with Gasteiger partial charge in [-0.3, -0.25) is 4.90 Å². The van der Waals surface area contributed by atoms with E-state index in [0.29, 0.717) is 11.5 Å². The van der Waals surface area contributed by atoms with Gasteiger partial charge in [0.05, 0.1) is 11.1 Å². The highest BCUT2D eigenvalue weighted by Crippen LogP contribution is 2.33. The van der Waals surface area contributed by atoms with Gasteiger partial charge in [0.2, 0.25) is 0 Å². The lowest BCUT2D eigenvalue weighted by Crippen LogP contribution is -2.43. The number of aromatic nitrogens is 4. The third-order valence-corrected chi connectivity index (χ3v) is 6.78. The van der Waals surface area contributed by atoms with Crippen molar-refractivity contribution in [3.63, 3.8) is 0 Å². The lowest BCUT2D eigenvalue weighted by atomic mass is 10.1. The summed E-state index contributed by atoms with van der Waals surface area (Å²) in [6.45, 7) is 5.36. The molecule has 2 aromatic heterocycles. The maximum Gasteiger partial charge on any atom is 0.169 e. The smallest absolute Gasteiger partial charge is 0.169 e. The van der Waals surface area contributed by atoms with Crippen molar-refractivity contribution in [1.29, 1.82) is 0 Å². The van der Waals surface area contributed by atoms with Crippen LogP contribution >= 0.6 is 0 Å². The molecule has 37 heavy (non-hydrogen) atoms. The Kier molecular flexibility index (Phi) is 6.26. The molecule has 1 aliphatic rings. The summed E-state index contributed by atoms with van der Waals surface area (Å²) >= 11 is 0. The Morgan fingerprint density at radius 2 is 1.51 bits per heavy atom. The number of para-hydroxylation sites is 1. The van der Waals surface area contributed by atoms with Crippen LogP contribution in [0, 0.1) is 0 Å². The molecule has 0 radical (unpaired) electrons. The molecule has 0 saturated carbocycles. The molecule has 0 spiro atoms. The van der Waals surface area contributed by atoms with E-state index in [1.165, 1.54) is 11.9 Å². The van der Waals surface area contributed by atoms with Crippen LogP contribution < -0.4 is 10.5 Å². The summed E-state index contributed by atoms with van der Waals surface area (Å²) in [7, 11) is 2.18. The molecule has 0 aliphatic carbocycles. The van der Waals surface area contributed by atoms with Crippen LogP contribution in [0.1, 0.15) is 5.56 Å². The largest absolute Gasteiger partial charge is 0.457 e. The predicted molar refractivity (Wildman–Crippen MR) is 146 cm³/mol. The highest BCUT2D eigenvalue weighted by Gasteiger charge is 2.19. The van der Waals surface area contributed by atoms with E-state index >= 15 is 0 Å². The molecule has 8 nitrogen and oxygen atoms in total. The van der Waals surface area contributed by atoms with Crippen LogP contribution in [0.5, 0.6) is 11.5 Å². The predicted octanol–water partition coefficient (Wildman–Crippen LogP) is 4.60. The average Bonchev–Trinajstić information content (AvgIpc) is 3.32. The number of nitrogen functional groups attached to an aromatic ring is 1. The second-order valence-electron chi connectivity index (χ2n) is 9.40. The van der Waals surface area contributed by atoms with Gasteiger partial charge in [-0.15, -0.1) is 0 Å². The van der Waals surface area contributed by atoms with Gasteiger partial charge in [0.25, 0.3) is 0 Å². The van der Waals surface area contributed by atoms with Crippen LogP contribution in [-0.2, 0) is 6.54 Å². The molecule has 0 atom stereocenters. The lowest BCUT2D eigenvalue weighted by molar-refractivity contribution is 0.148. The molecule has 3 heterocycles. The number of nitrogens with zero attached hydrogens (tertiary/aromatic N) is 6. The number of hydrogen-bond acceptors (Lipinski definition) is 7. The van der Waals surface area contributed by atoms with E-state index in [1.807, 2.05) is 59.3 Å². The van der Waals surface area contributed by atoms with Gasteiger partial charge in [0.15, 0.2) is 5.65 Å². The first kappa shape index (κ1) is 23.1. The van der Waals surface area contributed by atoms with Crippen LogP contribution in [0.2, 0.25) is 0 Å². The Balaban J connectivity index is 1.29. The SMILES string of the molecule is CN1CCN(Cc2ccc(-n3nc(-c4ccc(Oc5ccccc5)cc4)c4c(N)ncnc43)cc2)CC1. The van der Waals surface area contributed by atoms with Crippen LogP contribution in [0.15, 0.2) is 85.2 Å². The van der Waals surface area contributed by atoms with Gasteiger partial charge < -0.3 is 15.4 Å². The molecule has 186 valence electrons. The summed E-state index contributed by atoms with van der Waals surface area (Å²) in [6.07, 6.45) is 1.48. The van der Waals surface area contributed by atoms with Crippen LogP contribution in [0.4, 0.5) is 5.82 Å². The van der Waals surface area contributed by atoms with Crippen molar-refractivity contribution in [2.45, 2.75) is 6.54 Å². The number of piperazine rings is 1. The normalized spacial score (nSPS) is 14.7. The van der Waals surface area contributed by atoms with E-state index in [1.54, 1.807) is 0 Å². The minimum absolute atomic E-state index is 0.405. The summed E-state index contributed by atoms with van der Waals surface area (Å²) in [4.78, 5) is 13.6. The fraction of sp³-hybridized carbons (Fsp3) is 0.207. The van der Waals surface area contributed by atoms with E-state index in [0.717, 1.165) is 66.6 Å². The first-order valence-electron chi connectivity index (χ1n) is 12.5. The molecule has 0 amide bonds. The van der Waals surface area contributed by atoms with Crippen molar-refractivity contribution in [2.75, 3.05) is 39.0 Å². The van der Waals surface area contributed by atoms with E-state index in [9.17, 15) is 0 Å². The first-order chi connectivity index (χ1) is 18.1. The molecule has 6 rings (SSSR count). The molecule has 5 aromatic rings. The van der Waals surface area contributed by atoms with E-state index < -0.39 is 0 Å². The van der Waals surface area contributed by atoms with Crippen LogP contribution in [-0.4, -0.2) is 62.8 Å². The molecule has 1 fully saturated rings. The Labute approximate surface area is 215 Å². The fourth-order valence-electron chi connectivity index (χ4n) is 4.67. The Morgan fingerprint density at radius 1 is 0.811 bits per heavy atom. The molecule has 3 aromatic carbocycles. The maximum atomic E-state index is 6.32. The maximum absolute atomic E-state index is 6.32. The minimum Gasteiger partial charge on any atom is -0.457 e. The number of fused-ring (bicyclic) bond motifs is 1. The molecule has 1 aliphatic heterocycles. The number of rotatable bonds is 6. The summed E-state index contributed by atoms with van der Waals surface area (Å²) in [5.41, 5.74) is 10.9. The molecule has 8 heteroatoms. The van der Waals surface area contributed by atoms with Crippen molar-refractivity contribution in [1.82, 2.24) is 29.5 Å². The molecule has 0 unspecified atom stereocenters. The minimum atomic E-state index is 0.405. The lowest BCUT2D eigenvalue weighted by Gasteiger charge is -2.32. The molecular formula is C29H29N7O. The highest BCUT2D eigenvalue weighted by atomic mass is 16.5. The standard InChI is InChI=1S/C29H29N7O/c1-34-15-17-35(18-16-34)19-21-7-11-23(12-8-21)36-29-26(28(30)31-20-32-29)27(33-36)22-9-13-25(14-10-22)37-24-5-3-2-4-6-24/h2-14,20H,15-19H2,1H3,(H2,30,31,32). The number of hydrogen-bond donors (Lipinski definition) is 1. The molecule has 1 saturated heterocycles. The average molecular weight is 492 g/mol. The zero-order chi connectivity index (χ0) is 25.2. The number of anilines is 1. The van der Waals surface area contributed by atoms with Crippen LogP contribution in [0.3, 0.4) is 0 Å². The number of ether oxygens (including phenoxy) is 1. The Bertz CT molecular complexity index is 1490. The first-order valence-corrected chi connectivity index (χ1v) is 12.5. The van der Waals surface area contributed by atoms with E-state index in [2.05, 4.69) is 51.1 Å². The Hall–Kier alpha value is -4.27. The van der Waals surface area contributed by atoms with Gasteiger partial charge in [-0.05, 0) is 61.1 Å². The van der Waals surface area contributed by atoms with Gasteiger partial charge >= 0.3 is 0 Å². The van der Waals surface area contributed by atoms with Gasteiger partial charge in [-0.2, -0.15) is 5.10 Å². The zero-order valence-corrected chi connectivity index (χ0v) is 20.8. The third kappa shape index (κ3) is 4.89. The van der Waals surface area contributed by atoms with E-state index in [-0.39, 0.29) is 0 Å². The van der Waals surface area contributed by atoms with Gasteiger partial charge in [-0.1, -0.05) is 30.3 Å². The summed E-state index contributed by atoms with van der Waals surface area (Å²) in [6, 6.07) is 26.1.